The molecule has 1 rings (SSSR count). The van der Waals surface area contributed by atoms with Gasteiger partial charge in [-0.05, 0) is 48.8 Å². The molecule has 37 heavy (non-hydrogen) atoms. The summed E-state index contributed by atoms with van der Waals surface area (Å²) in [5, 5.41) is 31.5. The summed E-state index contributed by atoms with van der Waals surface area (Å²) in [4.78, 5) is 39.8. The fraction of sp³-hybridized carbons (Fsp3) is 0.625. The highest BCUT2D eigenvalue weighted by Crippen LogP contribution is 2.19. The van der Waals surface area contributed by atoms with Gasteiger partial charge in [0.05, 0.1) is 5.94 Å². The Kier molecular flexibility index (Phi) is 15.8. The molecular formula is C24H42BN5O7. The molecule has 208 valence electrons. The highest BCUT2D eigenvalue weighted by Gasteiger charge is 2.30. The third kappa shape index (κ3) is 14.2. The molecule has 0 saturated carbocycles. The van der Waals surface area contributed by atoms with Crippen LogP contribution < -0.4 is 21.2 Å². The summed E-state index contributed by atoms with van der Waals surface area (Å²) in [7, 11) is -1.75. The number of nitro groups is 1. The molecule has 1 aromatic carbocycles. The number of hydrogen-bond acceptors (Lipinski definition) is 8. The van der Waals surface area contributed by atoms with Crippen molar-refractivity contribution >= 4 is 24.8 Å². The molecule has 0 saturated heterocycles. The van der Waals surface area contributed by atoms with Gasteiger partial charge in [-0.3, -0.25) is 9.59 Å². The van der Waals surface area contributed by atoms with E-state index in [0.717, 1.165) is 5.56 Å². The molecular weight excluding hydrogens is 481 g/mol. The van der Waals surface area contributed by atoms with Crippen molar-refractivity contribution in [2.75, 3.05) is 13.2 Å². The van der Waals surface area contributed by atoms with Gasteiger partial charge in [0.15, 0.2) is 10.8 Å². The van der Waals surface area contributed by atoms with Crippen LogP contribution in [0, 0.1) is 22.0 Å². The normalized spacial score (nSPS) is 12.9. The molecule has 1 aromatic rings. The number of benzene rings is 1. The summed E-state index contributed by atoms with van der Waals surface area (Å²) < 4.78 is 5.58. The number of nitrogens with one attached hydrogen (secondary N) is 2. The van der Waals surface area contributed by atoms with E-state index in [0.29, 0.717) is 24.5 Å². The minimum Gasteiger partial charge on any atom is -0.486 e. The van der Waals surface area contributed by atoms with Gasteiger partial charge in [0.2, 0.25) is 5.91 Å². The van der Waals surface area contributed by atoms with Crippen LogP contribution in [0.15, 0.2) is 29.3 Å². The largest absolute Gasteiger partial charge is 0.486 e. The first-order valence-electron chi connectivity index (χ1n) is 12.0. The quantitative estimate of drug-likeness (QED) is 0.0537. The van der Waals surface area contributed by atoms with Gasteiger partial charge in [0, 0.05) is 18.9 Å². The number of Topliss-reactive ketones (excluding diaryl/α,β-unsaturated/α-hetero) is 1. The van der Waals surface area contributed by atoms with Gasteiger partial charge >= 0.3 is 7.12 Å². The molecule has 0 bridgehead atoms. The predicted octanol–water partition coefficient (Wildman–Crippen LogP) is 1.82. The highest BCUT2D eigenvalue weighted by atomic mass is 16.7. The Morgan fingerprint density at radius 2 is 1.81 bits per heavy atom. The van der Waals surface area contributed by atoms with Crippen LogP contribution in [-0.4, -0.2) is 58.9 Å². The molecule has 0 aliphatic carbocycles. The summed E-state index contributed by atoms with van der Waals surface area (Å²) in [5.74, 6) is -1.83. The van der Waals surface area contributed by atoms with Gasteiger partial charge in [-0.15, -0.1) is 0 Å². The Bertz CT molecular complexity index is 879. The average Bonchev–Trinajstić information content (AvgIpc) is 2.78. The topological polar surface area (TPSA) is 189 Å². The number of aliphatic imine (C=N–C) groups is 1. The molecule has 13 heteroatoms. The highest BCUT2D eigenvalue weighted by molar-refractivity contribution is 6.43. The summed E-state index contributed by atoms with van der Waals surface area (Å²) in [6.07, 6.45) is 0.760. The zero-order chi connectivity index (χ0) is 27.3. The van der Waals surface area contributed by atoms with E-state index in [1.165, 1.54) is 0 Å². The van der Waals surface area contributed by atoms with Crippen molar-refractivity contribution in [3.63, 3.8) is 0 Å². The number of rotatable bonds is 16. The fourth-order valence-electron chi connectivity index (χ4n) is 3.50. The Morgan fingerprint density at radius 1 is 1.19 bits per heavy atom. The number of amides is 1. The van der Waals surface area contributed by atoms with Crippen LogP contribution in [0.5, 0.6) is 5.75 Å². The maximum atomic E-state index is 12.9. The van der Waals surface area contributed by atoms with Crippen LogP contribution in [0.1, 0.15) is 72.3 Å². The Hall–Kier alpha value is -3.19. The van der Waals surface area contributed by atoms with Crippen molar-refractivity contribution < 1.29 is 29.4 Å². The van der Waals surface area contributed by atoms with E-state index in [1.54, 1.807) is 17.6 Å². The van der Waals surface area contributed by atoms with E-state index in [-0.39, 0.29) is 51.1 Å². The number of nitrogens with zero attached hydrogens (tertiary/aromatic N) is 2. The number of ketones is 1. The standard InChI is InChI=1S/C23H38BN5O7.CH4/c1-15(2)12-21(24(32)33)27-22(31)18(6-5-11-26-23(25)28-29(34)35)13-19(30)14-36-20-9-7-17(8-10-20)16(3)4;/h7-10,15-16,18,21,32-33H,5-6,11-14H2,1-4H3,(H,27,31)(H3,25,26,28);1H4/t18-,21+;/m1./s1. The first-order valence-corrected chi connectivity index (χ1v) is 12.0. The number of guanidine groups is 1. The van der Waals surface area contributed by atoms with E-state index in [1.807, 2.05) is 26.0 Å². The van der Waals surface area contributed by atoms with Crippen LogP contribution in [0.25, 0.3) is 0 Å². The van der Waals surface area contributed by atoms with Gasteiger partial charge in [-0.1, -0.05) is 52.7 Å². The van der Waals surface area contributed by atoms with Crippen molar-refractivity contribution in [2.24, 2.45) is 22.6 Å². The van der Waals surface area contributed by atoms with Gasteiger partial charge in [0.1, 0.15) is 12.4 Å². The third-order valence-electron chi connectivity index (χ3n) is 5.40. The molecule has 0 fully saturated rings. The van der Waals surface area contributed by atoms with Gasteiger partial charge in [0.25, 0.3) is 5.96 Å². The summed E-state index contributed by atoms with van der Waals surface area (Å²) in [5.41, 5.74) is 8.26. The van der Waals surface area contributed by atoms with Crippen molar-refractivity contribution in [1.29, 1.82) is 0 Å². The molecule has 0 aliphatic rings. The second kappa shape index (κ2) is 17.3. The third-order valence-corrected chi connectivity index (χ3v) is 5.40. The minimum atomic E-state index is -1.75. The molecule has 0 aromatic heterocycles. The van der Waals surface area contributed by atoms with E-state index < -0.39 is 29.9 Å². The predicted molar refractivity (Wildman–Crippen MR) is 143 cm³/mol. The number of carbonyl (C=O) groups excluding carboxylic acids is 2. The second-order valence-electron chi connectivity index (χ2n) is 9.39. The van der Waals surface area contributed by atoms with Gasteiger partial charge in [-0.25, -0.2) is 15.1 Å². The molecule has 2 atom stereocenters. The molecule has 0 unspecified atom stereocenters. The van der Waals surface area contributed by atoms with Crippen LogP contribution in [0.4, 0.5) is 0 Å². The van der Waals surface area contributed by atoms with E-state index >= 15 is 0 Å². The first-order chi connectivity index (χ1) is 16.9. The zero-order valence-corrected chi connectivity index (χ0v) is 21.3. The molecule has 0 aliphatic heterocycles. The number of hydrazine groups is 1. The molecule has 0 spiro atoms. The van der Waals surface area contributed by atoms with Crippen molar-refractivity contribution in [2.45, 2.75) is 72.7 Å². The number of ether oxygens (including phenoxy) is 1. The first kappa shape index (κ1) is 33.8. The lowest BCUT2D eigenvalue weighted by atomic mass is 9.74. The maximum absolute atomic E-state index is 12.9. The van der Waals surface area contributed by atoms with Crippen molar-refractivity contribution in [1.82, 2.24) is 10.7 Å². The lowest BCUT2D eigenvalue weighted by Crippen LogP contribution is -2.49. The number of carbonyl (C=O) groups is 2. The fourth-order valence-corrected chi connectivity index (χ4v) is 3.50. The molecule has 1 amide bonds. The molecule has 0 radical (unpaired) electrons. The Labute approximate surface area is 219 Å². The maximum Gasteiger partial charge on any atom is 0.475 e. The van der Waals surface area contributed by atoms with Crippen molar-refractivity contribution in [3.05, 3.63) is 39.9 Å². The van der Waals surface area contributed by atoms with Gasteiger partial charge < -0.3 is 25.8 Å². The van der Waals surface area contributed by atoms with E-state index in [4.69, 9.17) is 10.5 Å². The van der Waals surface area contributed by atoms with Crippen LogP contribution in [-0.2, 0) is 9.59 Å². The number of nitrogens with two attached hydrogens (primary N) is 1. The van der Waals surface area contributed by atoms with Crippen LogP contribution in [0.3, 0.4) is 0 Å². The molecule has 12 nitrogen and oxygen atoms in total. The van der Waals surface area contributed by atoms with Crippen LogP contribution in [0.2, 0.25) is 0 Å². The average molecular weight is 523 g/mol. The lowest BCUT2D eigenvalue weighted by molar-refractivity contribution is -0.525. The summed E-state index contributed by atoms with van der Waals surface area (Å²) >= 11 is 0. The molecule has 0 heterocycles. The number of hydrogen-bond donors (Lipinski definition) is 5. The SMILES string of the molecule is C.CC(C)C[C@H](NC(=O)[C@H](CCCN=C(N)N[N+](=O)[O-])CC(=O)COc1ccc(C(C)C)cc1)B(O)O. The monoisotopic (exact) mass is 523 g/mol. The molecule has 6 N–H and O–H groups in total. The smallest absolute Gasteiger partial charge is 0.475 e. The Morgan fingerprint density at radius 3 is 2.32 bits per heavy atom. The summed E-state index contributed by atoms with van der Waals surface area (Å²) in [6, 6.07) is 7.42. The zero-order valence-electron chi connectivity index (χ0n) is 21.3. The van der Waals surface area contributed by atoms with E-state index in [2.05, 4.69) is 24.2 Å². The van der Waals surface area contributed by atoms with Gasteiger partial charge in [-0.2, -0.15) is 0 Å². The summed E-state index contributed by atoms with van der Waals surface area (Å²) in [6.45, 7) is 7.79. The minimum absolute atomic E-state index is 0. The van der Waals surface area contributed by atoms with Crippen LogP contribution >= 0.6 is 0 Å². The lowest BCUT2D eigenvalue weighted by Gasteiger charge is -2.23. The second-order valence-corrected chi connectivity index (χ2v) is 9.39. The van der Waals surface area contributed by atoms with E-state index in [9.17, 15) is 29.8 Å². The van der Waals surface area contributed by atoms with Crippen molar-refractivity contribution in [3.8, 4) is 5.75 Å². The Balaban J connectivity index is 0.0000130.